The fourth-order valence-corrected chi connectivity index (χ4v) is 2.56. The van der Waals surface area contributed by atoms with Crippen LogP contribution in [0.1, 0.15) is 30.3 Å². The molecular formula is C16H19N3O. The van der Waals surface area contributed by atoms with Gasteiger partial charge in [0.25, 0.3) is 0 Å². The van der Waals surface area contributed by atoms with Crippen LogP contribution in [0.2, 0.25) is 0 Å². The van der Waals surface area contributed by atoms with Crippen LogP contribution in [0.5, 0.6) is 5.75 Å². The van der Waals surface area contributed by atoms with Crippen molar-refractivity contribution in [2.24, 2.45) is 5.73 Å². The normalized spacial score (nSPS) is 21.4. The summed E-state index contributed by atoms with van der Waals surface area (Å²) in [6.45, 7) is 2.01. The molecule has 1 aliphatic carbocycles. The molecule has 0 unspecified atom stereocenters. The molecule has 0 spiro atoms. The Kier molecular flexibility index (Phi) is 3.40. The van der Waals surface area contributed by atoms with Gasteiger partial charge in [0, 0.05) is 23.2 Å². The molecule has 4 nitrogen and oxygen atoms in total. The summed E-state index contributed by atoms with van der Waals surface area (Å²) in [7, 11) is 1.67. The van der Waals surface area contributed by atoms with E-state index in [1.807, 2.05) is 37.3 Å². The van der Waals surface area contributed by atoms with Crippen molar-refractivity contribution < 1.29 is 4.74 Å². The lowest BCUT2D eigenvalue weighted by molar-refractivity contribution is 0.338. The zero-order valence-corrected chi connectivity index (χ0v) is 11.8. The second kappa shape index (κ2) is 5.21. The third-order valence-corrected chi connectivity index (χ3v) is 3.80. The van der Waals surface area contributed by atoms with E-state index >= 15 is 0 Å². The Morgan fingerprint density at radius 2 is 1.85 bits per heavy atom. The number of hydrogen-bond acceptors (Lipinski definition) is 4. The summed E-state index contributed by atoms with van der Waals surface area (Å²) in [5.41, 5.74) is 8.91. The number of nitrogens with zero attached hydrogens (tertiary/aromatic N) is 2. The molecule has 1 aromatic carbocycles. The number of aryl methyl sites for hydroxylation is 1. The molecule has 0 aliphatic heterocycles. The second-order valence-electron chi connectivity index (χ2n) is 5.41. The smallest absolute Gasteiger partial charge is 0.132 e. The van der Waals surface area contributed by atoms with Crippen LogP contribution in [0, 0.1) is 6.92 Å². The fourth-order valence-electron chi connectivity index (χ4n) is 2.56. The maximum absolute atomic E-state index is 5.86. The van der Waals surface area contributed by atoms with Crippen LogP contribution in [0.3, 0.4) is 0 Å². The van der Waals surface area contributed by atoms with Gasteiger partial charge in [-0.1, -0.05) is 0 Å². The lowest BCUT2D eigenvalue weighted by Crippen LogP contribution is -2.35. The summed E-state index contributed by atoms with van der Waals surface area (Å²) >= 11 is 0. The Hall–Kier alpha value is -1.94. The number of nitrogens with two attached hydrogens (primary N) is 1. The first kappa shape index (κ1) is 13.1. The summed E-state index contributed by atoms with van der Waals surface area (Å²) < 4.78 is 5.18. The van der Waals surface area contributed by atoms with Gasteiger partial charge in [-0.3, -0.25) is 0 Å². The number of aromatic nitrogens is 2. The molecule has 0 bridgehead atoms. The maximum atomic E-state index is 5.86. The lowest BCUT2D eigenvalue weighted by Gasteiger charge is -2.31. The summed E-state index contributed by atoms with van der Waals surface area (Å²) in [5, 5.41) is 0. The Balaban J connectivity index is 1.92. The van der Waals surface area contributed by atoms with Gasteiger partial charge in [0.1, 0.15) is 11.6 Å². The van der Waals surface area contributed by atoms with Crippen LogP contribution in [-0.2, 0) is 0 Å². The quantitative estimate of drug-likeness (QED) is 0.930. The predicted molar refractivity (Wildman–Crippen MR) is 78.7 cm³/mol. The van der Waals surface area contributed by atoms with E-state index < -0.39 is 0 Å². The standard InChI is InChI=1S/C16H19N3O/c1-10-7-15(11-3-5-14(20-2)6-4-11)19-16(18-10)12-8-13(17)9-12/h3-7,12-13H,8-9,17H2,1-2H3. The first-order valence-electron chi connectivity index (χ1n) is 6.91. The van der Waals surface area contributed by atoms with Gasteiger partial charge >= 0.3 is 0 Å². The van der Waals surface area contributed by atoms with E-state index in [1.165, 1.54) is 0 Å². The van der Waals surface area contributed by atoms with Crippen molar-refractivity contribution in [3.8, 4) is 17.0 Å². The maximum Gasteiger partial charge on any atom is 0.132 e. The van der Waals surface area contributed by atoms with Crippen molar-refractivity contribution >= 4 is 0 Å². The van der Waals surface area contributed by atoms with Crippen molar-refractivity contribution in [3.05, 3.63) is 41.9 Å². The van der Waals surface area contributed by atoms with Crippen molar-refractivity contribution in [2.75, 3.05) is 7.11 Å². The zero-order valence-electron chi connectivity index (χ0n) is 11.8. The molecule has 104 valence electrons. The van der Waals surface area contributed by atoms with Crippen LogP contribution < -0.4 is 10.5 Å². The molecular weight excluding hydrogens is 250 g/mol. The van der Waals surface area contributed by atoms with Gasteiger partial charge < -0.3 is 10.5 Å². The van der Waals surface area contributed by atoms with Crippen LogP contribution in [0.15, 0.2) is 30.3 Å². The Bertz CT molecular complexity index is 604. The highest BCUT2D eigenvalue weighted by Crippen LogP contribution is 2.34. The molecule has 0 radical (unpaired) electrons. The van der Waals surface area contributed by atoms with Gasteiger partial charge in [-0.25, -0.2) is 9.97 Å². The number of methoxy groups -OCH3 is 1. The topological polar surface area (TPSA) is 61.0 Å². The molecule has 4 heteroatoms. The number of ether oxygens (including phenoxy) is 1. The van der Waals surface area contributed by atoms with Crippen molar-refractivity contribution in [3.63, 3.8) is 0 Å². The minimum absolute atomic E-state index is 0.313. The summed E-state index contributed by atoms with van der Waals surface area (Å²) in [5.74, 6) is 2.20. The number of benzene rings is 1. The third-order valence-electron chi connectivity index (χ3n) is 3.80. The van der Waals surface area contributed by atoms with E-state index in [0.29, 0.717) is 12.0 Å². The Labute approximate surface area is 119 Å². The number of hydrogen-bond donors (Lipinski definition) is 1. The van der Waals surface area contributed by atoms with Crippen molar-refractivity contribution in [1.82, 2.24) is 9.97 Å². The minimum atomic E-state index is 0.313. The van der Waals surface area contributed by atoms with E-state index in [4.69, 9.17) is 15.5 Å². The Morgan fingerprint density at radius 1 is 1.15 bits per heavy atom. The van der Waals surface area contributed by atoms with Gasteiger partial charge in [0.2, 0.25) is 0 Å². The highest BCUT2D eigenvalue weighted by molar-refractivity contribution is 5.60. The van der Waals surface area contributed by atoms with Gasteiger partial charge in [-0.05, 0) is 50.1 Å². The van der Waals surface area contributed by atoms with Crippen molar-refractivity contribution in [2.45, 2.75) is 31.7 Å². The average molecular weight is 269 g/mol. The molecule has 1 aliphatic rings. The first-order valence-corrected chi connectivity index (χ1v) is 6.91. The van der Waals surface area contributed by atoms with Crippen molar-refractivity contribution in [1.29, 1.82) is 0 Å². The van der Waals surface area contributed by atoms with Crippen LogP contribution in [-0.4, -0.2) is 23.1 Å². The molecule has 1 saturated carbocycles. The minimum Gasteiger partial charge on any atom is -0.497 e. The molecule has 0 amide bonds. The summed E-state index contributed by atoms with van der Waals surface area (Å²) in [6.07, 6.45) is 1.98. The van der Waals surface area contributed by atoms with E-state index in [1.54, 1.807) is 7.11 Å². The van der Waals surface area contributed by atoms with E-state index in [9.17, 15) is 0 Å². The summed E-state index contributed by atoms with van der Waals surface area (Å²) in [6, 6.07) is 10.3. The molecule has 2 N–H and O–H groups in total. The van der Waals surface area contributed by atoms with Crippen LogP contribution >= 0.6 is 0 Å². The van der Waals surface area contributed by atoms with E-state index in [2.05, 4.69) is 4.98 Å². The Morgan fingerprint density at radius 3 is 2.45 bits per heavy atom. The molecule has 2 aromatic rings. The highest BCUT2D eigenvalue weighted by atomic mass is 16.5. The predicted octanol–water partition coefficient (Wildman–Crippen LogP) is 2.67. The molecule has 3 rings (SSSR count). The largest absolute Gasteiger partial charge is 0.497 e. The fraction of sp³-hybridized carbons (Fsp3) is 0.375. The van der Waals surface area contributed by atoms with E-state index in [-0.39, 0.29) is 0 Å². The third kappa shape index (κ3) is 2.51. The number of rotatable bonds is 3. The average Bonchev–Trinajstić information content (AvgIpc) is 2.43. The molecule has 20 heavy (non-hydrogen) atoms. The molecule has 1 fully saturated rings. The van der Waals surface area contributed by atoms with Gasteiger partial charge in [-0.15, -0.1) is 0 Å². The van der Waals surface area contributed by atoms with E-state index in [0.717, 1.165) is 41.4 Å². The highest BCUT2D eigenvalue weighted by Gasteiger charge is 2.29. The molecule has 1 aromatic heterocycles. The summed E-state index contributed by atoms with van der Waals surface area (Å²) in [4.78, 5) is 9.27. The van der Waals surface area contributed by atoms with Crippen LogP contribution in [0.25, 0.3) is 11.3 Å². The van der Waals surface area contributed by atoms with Gasteiger partial charge in [0.15, 0.2) is 0 Å². The molecule has 1 heterocycles. The lowest BCUT2D eigenvalue weighted by atomic mass is 9.80. The first-order chi connectivity index (χ1) is 9.65. The second-order valence-corrected chi connectivity index (χ2v) is 5.41. The van der Waals surface area contributed by atoms with Crippen LogP contribution in [0.4, 0.5) is 0 Å². The molecule has 0 saturated heterocycles. The monoisotopic (exact) mass is 269 g/mol. The SMILES string of the molecule is COc1ccc(-c2cc(C)nc(C3CC(N)C3)n2)cc1. The zero-order chi connectivity index (χ0) is 14.1. The molecule has 0 atom stereocenters. The van der Waals surface area contributed by atoms with Gasteiger partial charge in [-0.2, -0.15) is 0 Å². The van der Waals surface area contributed by atoms with Gasteiger partial charge in [0.05, 0.1) is 12.8 Å².